The Hall–Kier alpha value is -13.2. The molecule has 0 saturated heterocycles. The molecule has 0 spiro atoms. The van der Waals surface area contributed by atoms with Crippen LogP contribution in [0.1, 0.15) is 33.2 Å². The minimum absolute atomic E-state index is 0.163. The molecule has 0 amide bonds. The zero-order chi connectivity index (χ0) is 78.8. The molecule has 19 rings (SSSR count). The molecule has 5 heteroatoms. The minimum atomic E-state index is -3.69. The number of hydrogen-bond donors (Lipinski definition) is 0. The van der Waals surface area contributed by atoms with Crippen molar-refractivity contribution in [3.05, 3.63) is 442 Å². The highest BCUT2D eigenvalue weighted by Crippen LogP contribution is 2.53. The van der Waals surface area contributed by atoms with Gasteiger partial charge in [0.15, 0.2) is 16.1 Å². The molecule has 0 aromatic heterocycles. The normalized spacial score (nSPS) is 13.0. The van der Waals surface area contributed by atoms with E-state index in [0.29, 0.717) is 5.56 Å². The average Bonchev–Trinajstić information content (AvgIpc) is 0.678. The third kappa shape index (κ3) is 11.9. The summed E-state index contributed by atoms with van der Waals surface area (Å²) in [5, 5.41) is 9.29. The summed E-state index contributed by atoms with van der Waals surface area (Å²) in [7, 11) is -7.35. The predicted molar refractivity (Wildman–Crippen MR) is 479 cm³/mol. The van der Waals surface area contributed by atoms with Crippen LogP contribution in [0.2, 0.25) is 0 Å². The number of para-hydroxylation sites is 2. The fourth-order valence-corrected chi connectivity index (χ4v) is 27.6. The molecule has 0 N–H and O–H groups in total. The van der Waals surface area contributed by atoms with Crippen LogP contribution in [-0.2, 0) is 5.41 Å². The van der Waals surface area contributed by atoms with Crippen LogP contribution in [-0.4, -0.2) is 22.9 Å². The van der Waals surface area contributed by atoms with Crippen molar-refractivity contribution < 1.29 is 6.85 Å². The first kappa shape index (κ1) is 62.8. The topological polar surface area (TPSA) is 6.48 Å². The Kier molecular flexibility index (Phi) is 16.3. The number of fused-ring (bicyclic) bond motifs is 4. The molecule has 0 saturated carbocycles. The van der Waals surface area contributed by atoms with Gasteiger partial charge in [-0.3, -0.25) is 0 Å². The molecule has 2 heterocycles. The van der Waals surface area contributed by atoms with Gasteiger partial charge in [0.25, 0.3) is 6.71 Å². The highest BCUT2D eigenvalue weighted by Gasteiger charge is 2.51. The van der Waals surface area contributed by atoms with Crippen LogP contribution in [0.4, 0.5) is 34.1 Å². The van der Waals surface area contributed by atoms with Gasteiger partial charge in [-0.2, -0.15) is 0 Å². The lowest BCUT2D eigenvalue weighted by Gasteiger charge is -2.47. The summed E-state index contributed by atoms with van der Waals surface area (Å²) in [6.07, 6.45) is 0. The van der Waals surface area contributed by atoms with Crippen molar-refractivity contribution in [3.63, 3.8) is 0 Å². The molecule has 0 bridgehead atoms. The minimum Gasteiger partial charge on any atom is -0.310 e. The van der Waals surface area contributed by atoms with Gasteiger partial charge < -0.3 is 9.80 Å². The quantitative estimate of drug-likeness (QED) is 0.0703. The first-order valence-electron chi connectivity index (χ1n) is 40.9. The lowest BCUT2D eigenvalue weighted by atomic mass is 9.33. The largest absolute Gasteiger partial charge is 0.310 e. The Balaban J connectivity index is 1.03. The number of anilines is 6. The highest BCUT2D eigenvalue weighted by molar-refractivity contribution is 7.21. The van der Waals surface area contributed by atoms with Gasteiger partial charge in [-0.05, 0) is 138 Å². The van der Waals surface area contributed by atoms with Crippen LogP contribution in [0.15, 0.2) is 437 Å². The summed E-state index contributed by atoms with van der Waals surface area (Å²) in [4.78, 5) is 5.38. The van der Waals surface area contributed by atoms with Crippen molar-refractivity contribution in [3.8, 4) is 66.8 Å². The fourth-order valence-electron chi connectivity index (χ4n) is 18.0. The molecule has 0 radical (unpaired) electrons. The van der Waals surface area contributed by atoms with Crippen molar-refractivity contribution >= 4 is 115 Å². The Morgan fingerprint density at radius 3 is 0.982 bits per heavy atom. The van der Waals surface area contributed by atoms with Crippen molar-refractivity contribution in [1.29, 1.82) is 0 Å². The second-order valence-electron chi connectivity index (χ2n) is 30.2. The van der Waals surface area contributed by atoms with Crippen LogP contribution >= 0.6 is 0 Å². The van der Waals surface area contributed by atoms with E-state index in [1.54, 1.807) is 0 Å². The smallest absolute Gasteiger partial charge is 0.252 e. The second-order valence-corrected chi connectivity index (χ2v) is 37.8. The molecule has 0 unspecified atom stereocenters. The van der Waals surface area contributed by atoms with E-state index in [9.17, 15) is 2.74 Å². The number of hydrogen-bond acceptors (Lipinski definition) is 2. The van der Waals surface area contributed by atoms with Crippen LogP contribution in [0, 0.1) is 0 Å². The molecule has 17 aromatic carbocycles. The SMILES string of the molecule is [2H]c1c([2H])c([2H])c(-c2cccc([Si](c3ccccc3)(c3ccccc3)c3ccc4c(c3)B3c5ccc(C(C)(C)C)cc5N(c5c(-c6ccccc6)cccc5-c5ccccc5)c5cc([Si](c6ccccc6)(c6ccccc6)c6cccc(-c7ccccc7)c6)cc(c53)N4c3c(-c4ccccc4)cccc3-c3ccccc3)c2)c([2H])c1[2H]. The summed E-state index contributed by atoms with van der Waals surface area (Å²) >= 11 is 0. The molecule has 0 atom stereocenters. The first-order chi connectivity index (χ1) is 56.8. The van der Waals surface area contributed by atoms with E-state index < -0.39 is 28.9 Å². The molecule has 0 aliphatic carbocycles. The first-order valence-corrected chi connectivity index (χ1v) is 42.4. The summed E-state index contributed by atoms with van der Waals surface area (Å²) in [5.74, 6) is 0. The molecule has 17 aromatic rings. The van der Waals surface area contributed by atoms with E-state index >= 15 is 0 Å². The van der Waals surface area contributed by atoms with Crippen molar-refractivity contribution in [1.82, 2.24) is 0 Å². The van der Waals surface area contributed by atoms with Gasteiger partial charge in [-0.15, -0.1) is 0 Å². The molecular weight excluding hydrogens is 1370 g/mol. The third-order valence-electron chi connectivity index (χ3n) is 23.0. The van der Waals surface area contributed by atoms with Gasteiger partial charge >= 0.3 is 0 Å². The molecule has 0 fully saturated rings. The van der Waals surface area contributed by atoms with Crippen molar-refractivity contribution in [2.24, 2.45) is 0 Å². The average molecular weight is 1450 g/mol. The van der Waals surface area contributed by atoms with E-state index in [1.807, 2.05) is 12.1 Å². The molecule has 526 valence electrons. The Morgan fingerprint density at radius 1 is 0.243 bits per heavy atom. The highest BCUT2D eigenvalue weighted by atomic mass is 28.3. The van der Waals surface area contributed by atoms with Crippen LogP contribution in [0.3, 0.4) is 0 Å². The fraction of sp³-hybridized carbons (Fsp3) is 0.0377. The van der Waals surface area contributed by atoms with Gasteiger partial charge in [0.05, 0.1) is 18.2 Å². The summed E-state index contributed by atoms with van der Waals surface area (Å²) in [6.45, 7) is 6.57. The summed E-state index contributed by atoms with van der Waals surface area (Å²) < 4.78 is 45.8. The number of benzene rings is 17. The van der Waals surface area contributed by atoms with Gasteiger partial charge in [0.2, 0.25) is 0 Å². The van der Waals surface area contributed by atoms with E-state index in [1.165, 1.54) is 26.3 Å². The maximum absolute atomic E-state index is 9.49. The molecule has 2 aliphatic rings. The van der Waals surface area contributed by atoms with Gasteiger partial charge in [-0.25, -0.2) is 0 Å². The van der Waals surface area contributed by atoms with Crippen LogP contribution < -0.4 is 67.7 Å². The van der Waals surface area contributed by atoms with Crippen LogP contribution in [0.25, 0.3) is 66.8 Å². The Morgan fingerprint density at radius 2 is 0.577 bits per heavy atom. The van der Waals surface area contributed by atoms with E-state index in [4.69, 9.17) is 4.11 Å². The lowest BCUT2D eigenvalue weighted by molar-refractivity contribution is 0.590. The molecule has 2 nitrogen and oxygen atoms in total. The lowest BCUT2D eigenvalue weighted by Crippen LogP contribution is -2.76. The van der Waals surface area contributed by atoms with E-state index in [2.05, 4.69) is 425 Å². The monoisotopic (exact) mass is 1450 g/mol. The van der Waals surface area contributed by atoms with Crippen molar-refractivity contribution in [2.75, 3.05) is 9.80 Å². The standard InChI is InChI=1S/C106H81BN2Si2/c1-106(2,3)84-66-68-97-100(72-84)109(105-95(80-46-22-8-23-47-80)64-37-65-96(105)81-48-24-9-25-49-81)102-75-92(111(87-56-30-12-31-57-87,88-58-32-13-33-59-88)90-61-35-51-83(71-90)77-40-16-5-17-41-77)74-101-103(102)107(97)98-73-91(67-69-99(98)108(101)104-93(78-42-18-6-19-43-78)62-36-63-94(104)79-44-20-7-21-45-79)110(85-52-26-10-27-53-85,86-54-28-11-29-55-86)89-60-34-50-82(70-89)76-38-14-4-15-39-76/h4-75H,1-3H3/i4D,14D,15D,38D,39D. The summed E-state index contributed by atoms with van der Waals surface area (Å²) in [6, 6.07) is 149. The zero-order valence-corrected chi connectivity index (χ0v) is 64.2. The molecule has 111 heavy (non-hydrogen) atoms. The number of rotatable bonds is 16. The van der Waals surface area contributed by atoms with Crippen molar-refractivity contribution in [2.45, 2.75) is 26.2 Å². The van der Waals surface area contributed by atoms with E-state index in [0.717, 1.165) is 127 Å². The third-order valence-corrected chi connectivity index (χ3v) is 32.5. The van der Waals surface area contributed by atoms with Gasteiger partial charge in [0.1, 0.15) is 0 Å². The summed E-state index contributed by atoms with van der Waals surface area (Å²) in [5.41, 5.74) is 22.3. The maximum Gasteiger partial charge on any atom is 0.252 e. The predicted octanol–water partition coefficient (Wildman–Crippen LogP) is 19.8. The molecule has 2 aliphatic heterocycles. The van der Waals surface area contributed by atoms with Gasteiger partial charge in [0, 0.05) is 45.0 Å². The second kappa shape index (κ2) is 28.8. The van der Waals surface area contributed by atoms with Gasteiger partial charge in [-0.1, -0.05) is 433 Å². The number of nitrogens with zero attached hydrogens (tertiary/aromatic N) is 2. The Labute approximate surface area is 662 Å². The van der Waals surface area contributed by atoms with Crippen LogP contribution in [0.5, 0.6) is 0 Å². The maximum atomic E-state index is 9.49. The molecular formula is C106H81BN2Si2. The Bertz CT molecular complexity index is 6340. The van der Waals surface area contributed by atoms with E-state index in [-0.39, 0.29) is 35.1 Å². The zero-order valence-electron chi connectivity index (χ0n) is 67.2.